The van der Waals surface area contributed by atoms with Crippen LogP contribution in [0.3, 0.4) is 0 Å². The van der Waals surface area contributed by atoms with E-state index >= 15 is 0 Å². The number of nitrogens with one attached hydrogen (secondary N) is 1. The summed E-state index contributed by atoms with van der Waals surface area (Å²) in [5, 5.41) is 2.83. The monoisotopic (exact) mass is 284 g/mol. The van der Waals surface area contributed by atoms with Gasteiger partial charge in [-0.2, -0.15) is 0 Å². The number of hydrogen-bond acceptors (Lipinski definition) is 4. The molecule has 0 aliphatic heterocycles. The maximum absolute atomic E-state index is 12.4. The van der Waals surface area contributed by atoms with Crippen molar-refractivity contribution < 1.29 is 14.3 Å². The van der Waals surface area contributed by atoms with E-state index in [0.717, 1.165) is 32.1 Å². The van der Waals surface area contributed by atoms with E-state index in [1.807, 2.05) is 13.8 Å². The van der Waals surface area contributed by atoms with Gasteiger partial charge < -0.3 is 15.8 Å². The standard InChI is InChI=1S/C15H28N2O3/c1-10(2)9-13(15(19)20-3)17-14(18)11-7-5-4-6-8-12(11)16/h10-13H,4-9,16H2,1-3H3,(H,17,18). The molecule has 3 N–H and O–H groups in total. The fraction of sp³-hybridized carbons (Fsp3) is 0.867. The number of esters is 1. The SMILES string of the molecule is COC(=O)C(CC(C)C)NC(=O)C1CCCCCC1N. The van der Waals surface area contributed by atoms with Gasteiger partial charge in [0.25, 0.3) is 0 Å². The first-order chi connectivity index (χ1) is 9.45. The molecule has 0 aromatic heterocycles. The van der Waals surface area contributed by atoms with E-state index in [2.05, 4.69) is 5.32 Å². The van der Waals surface area contributed by atoms with Crippen LogP contribution in [-0.4, -0.2) is 31.1 Å². The van der Waals surface area contributed by atoms with Crippen molar-refractivity contribution in [3.05, 3.63) is 0 Å². The normalized spacial score (nSPS) is 24.9. The molecule has 116 valence electrons. The van der Waals surface area contributed by atoms with Crippen LogP contribution in [0.5, 0.6) is 0 Å². The van der Waals surface area contributed by atoms with Gasteiger partial charge in [-0.05, 0) is 25.2 Å². The summed E-state index contributed by atoms with van der Waals surface area (Å²) in [4.78, 5) is 24.1. The van der Waals surface area contributed by atoms with Gasteiger partial charge in [0, 0.05) is 6.04 Å². The largest absolute Gasteiger partial charge is 0.467 e. The van der Waals surface area contributed by atoms with Gasteiger partial charge in [-0.25, -0.2) is 4.79 Å². The van der Waals surface area contributed by atoms with E-state index < -0.39 is 6.04 Å². The molecule has 0 aromatic rings. The van der Waals surface area contributed by atoms with Crippen LogP contribution in [0, 0.1) is 11.8 Å². The molecule has 0 heterocycles. The van der Waals surface area contributed by atoms with Gasteiger partial charge in [-0.15, -0.1) is 0 Å². The van der Waals surface area contributed by atoms with Crippen LogP contribution in [0.1, 0.15) is 52.4 Å². The van der Waals surface area contributed by atoms with Crippen molar-refractivity contribution >= 4 is 11.9 Å². The molecule has 1 aliphatic rings. The summed E-state index contributed by atoms with van der Waals surface area (Å²) in [6.07, 6.45) is 5.51. The number of ether oxygens (including phenoxy) is 1. The molecule has 0 aromatic carbocycles. The number of amides is 1. The summed E-state index contributed by atoms with van der Waals surface area (Å²) in [6.45, 7) is 4.03. The van der Waals surface area contributed by atoms with E-state index in [1.54, 1.807) is 0 Å². The van der Waals surface area contributed by atoms with Crippen molar-refractivity contribution in [1.29, 1.82) is 0 Å². The van der Waals surface area contributed by atoms with E-state index in [4.69, 9.17) is 10.5 Å². The zero-order valence-electron chi connectivity index (χ0n) is 12.9. The summed E-state index contributed by atoms with van der Waals surface area (Å²) in [6, 6.07) is -0.669. The zero-order valence-corrected chi connectivity index (χ0v) is 12.9. The Hall–Kier alpha value is -1.10. The zero-order chi connectivity index (χ0) is 15.1. The fourth-order valence-corrected chi connectivity index (χ4v) is 2.77. The second-order valence-electron chi connectivity index (χ2n) is 6.12. The number of hydrogen-bond donors (Lipinski definition) is 2. The summed E-state index contributed by atoms with van der Waals surface area (Å²) in [5.74, 6) is -0.358. The number of methoxy groups -OCH3 is 1. The number of carbonyl (C=O) groups excluding carboxylic acids is 2. The molecule has 1 amide bonds. The molecule has 0 spiro atoms. The summed E-state index contributed by atoms with van der Waals surface area (Å²) in [5.41, 5.74) is 6.09. The molecule has 1 rings (SSSR count). The lowest BCUT2D eigenvalue weighted by molar-refractivity contribution is -0.146. The Morgan fingerprint density at radius 1 is 1.25 bits per heavy atom. The minimum absolute atomic E-state index is 0.101. The van der Waals surface area contributed by atoms with E-state index in [-0.39, 0.29) is 23.8 Å². The quantitative estimate of drug-likeness (QED) is 0.593. The van der Waals surface area contributed by atoms with Gasteiger partial charge >= 0.3 is 5.97 Å². The van der Waals surface area contributed by atoms with Crippen molar-refractivity contribution in [2.45, 2.75) is 64.5 Å². The Morgan fingerprint density at radius 2 is 1.90 bits per heavy atom. The predicted molar refractivity (Wildman–Crippen MR) is 78.0 cm³/mol. The van der Waals surface area contributed by atoms with Crippen LogP contribution < -0.4 is 11.1 Å². The molecule has 0 radical (unpaired) electrons. The molecule has 0 saturated heterocycles. The lowest BCUT2D eigenvalue weighted by atomic mass is 9.93. The molecule has 5 nitrogen and oxygen atoms in total. The topological polar surface area (TPSA) is 81.4 Å². The van der Waals surface area contributed by atoms with Gasteiger partial charge in [-0.3, -0.25) is 4.79 Å². The van der Waals surface area contributed by atoms with Gasteiger partial charge in [0.1, 0.15) is 6.04 Å². The van der Waals surface area contributed by atoms with E-state index in [1.165, 1.54) is 7.11 Å². The third-order valence-electron chi connectivity index (χ3n) is 3.92. The van der Waals surface area contributed by atoms with Crippen LogP contribution in [0.2, 0.25) is 0 Å². The third-order valence-corrected chi connectivity index (χ3v) is 3.92. The van der Waals surface area contributed by atoms with E-state index in [9.17, 15) is 9.59 Å². The lowest BCUT2D eigenvalue weighted by Gasteiger charge is -2.24. The third kappa shape index (κ3) is 5.12. The number of carbonyl (C=O) groups is 2. The minimum atomic E-state index is -0.567. The summed E-state index contributed by atoms with van der Waals surface area (Å²) >= 11 is 0. The lowest BCUT2D eigenvalue weighted by Crippen LogP contribution is -2.48. The predicted octanol–water partition coefficient (Wildman–Crippen LogP) is 1.60. The fourth-order valence-electron chi connectivity index (χ4n) is 2.77. The molecule has 1 saturated carbocycles. The van der Waals surface area contributed by atoms with Crippen LogP contribution in [0.15, 0.2) is 0 Å². The van der Waals surface area contributed by atoms with Crippen molar-refractivity contribution in [3.63, 3.8) is 0 Å². The smallest absolute Gasteiger partial charge is 0.328 e. The average molecular weight is 284 g/mol. The first-order valence-electron chi connectivity index (χ1n) is 7.59. The molecular weight excluding hydrogens is 256 g/mol. The Bertz CT molecular complexity index is 331. The molecule has 0 bridgehead atoms. The Morgan fingerprint density at radius 3 is 2.50 bits per heavy atom. The highest BCUT2D eigenvalue weighted by molar-refractivity contribution is 5.86. The molecular formula is C15H28N2O3. The molecule has 5 heteroatoms. The Kier molecular flexibility index (Phi) is 6.99. The van der Waals surface area contributed by atoms with Crippen LogP contribution in [0.25, 0.3) is 0 Å². The Balaban J connectivity index is 2.65. The molecule has 20 heavy (non-hydrogen) atoms. The molecule has 1 aliphatic carbocycles. The molecule has 1 fully saturated rings. The van der Waals surface area contributed by atoms with Crippen molar-refractivity contribution in [3.8, 4) is 0 Å². The molecule has 3 unspecified atom stereocenters. The van der Waals surface area contributed by atoms with Crippen molar-refractivity contribution in [2.75, 3.05) is 7.11 Å². The van der Waals surface area contributed by atoms with Gasteiger partial charge in [0.2, 0.25) is 5.91 Å². The highest BCUT2D eigenvalue weighted by Crippen LogP contribution is 2.22. The summed E-state index contributed by atoms with van der Waals surface area (Å²) in [7, 11) is 1.35. The summed E-state index contributed by atoms with van der Waals surface area (Å²) < 4.78 is 4.77. The maximum atomic E-state index is 12.4. The van der Waals surface area contributed by atoms with Gasteiger partial charge in [-0.1, -0.05) is 33.1 Å². The van der Waals surface area contributed by atoms with Gasteiger partial charge in [0.05, 0.1) is 13.0 Å². The van der Waals surface area contributed by atoms with Crippen LogP contribution in [0.4, 0.5) is 0 Å². The van der Waals surface area contributed by atoms with Gasteiger partial charge in [0.15, 0.2) is 0 Å². The minimum Gasteiger partial charge on any atom is -0.467 e. The number of nitrogens with two attached hydrogens (primary N) is 1. The first-order valence-corrected chi connectivity index (χ1v) is 7.59. The highest BCUT2D eigenvalue weighted by atomic mass is 16.5. The number of rotatable bonds is 5. The van der Waals surface area contributed by atoms with Crippen LogP contribution in [-0.2, 0) is 14.3 Å². The first kappa shape index (κ1) is 17.0. The van der Waals surface area contributed by atoms with Crippen LogP contribution >= 0.6 is 0 Å². The van der Waals surface area contributed by atoms with E-state index in [0.29, 0.717) is 12.3 Å². The Labute approximate surface area is 121 Å². The molecule has 3 atom stereocenters. The average Bonchev–Trinajstić information content (AvgIpc) is 2.61. The second-order valence-corrected chi connectivity index (χ2v) is 6.12. The maximum Gasteiger partial charge on any atom is 0.328 e. The van der Waals surface area contributed by atoms with Crippen molar-refractivity contribution in [2.24, 2.45) is 17.6 Å². The van der Waals surface area contributed by atoms with Crippen molar-refractivity contribution in [1.82, 2.24) is 5.32 Å². The second kappa shape index (κ2) is 8.25. The highest BCUT2D eigenvalue weighted by Gasteiger charge is 2.30.